The number of benzene rings is 1. The number of fused-ring (bicyclic) bond motifs is 1. The van der Waals surface area contributed by atoms with E-state index in [0.29, 0.717) is 0 Å². The first-order valence-electron chi connectivity index (χ1n) is 6.94. The van der Waals surface area contributed by atoms with Gasteiger partial charge in [0.1, 0.15) is 0 Å². The maximum absolute atomic E-state index is 11.3. The molecule has 0 saturated heterocycles. The lowest BCUT2D eigenvalue weighted by molar-refractivity contribution is -0.123. The molecule has 0 aliphatic carbocycles. The number of carbonyl (C=O) groups is 1. The van der Waals surface area contributed by atoms with Crippen molar-refractivity contribution in [3.63, 3.8) is 0 Å². The minimum atomic E-state index is -0.240. The molecule has 1 aliphatic rings. The Morgan fingerprint density at radius 2 is 2.00 bits per heavy atom. The fraction of sp³-hybridized carbons (Fsp3) is 0.562. The minimum absolute atomic E-state index is 0.159. The lowest BCUT2D eigenvalue weighted by atomic mass is 9.84. The Kier molecular flexibility index (Phi) is 3.68. The summed E-state index contributed by atoms with van der Waals surface area (Å²) >= 11 is 0. The highest BCUT2D eigenvalue weighted by molar-refractivity contribution is 5.79. The first-order chi connectivity index (χ1) is 8.79. The molecule has 1 heterocycles. The van der Waals surface area contributed by atoms with Crippen LogP contribution in [-0.4, -0.2) is 23.4 Å². The minimum Gasteiger partial charge on any atom is -0.368 e. The van der Waals surface area contributed by atoms with Gasteiger partial charge in [0.15, 0.2) is 0 Å². The van der Waals surface area contributed by atoms with Crippen molar-refractivity contribution in [1.29, 1.82) is 0 Å². The molecule has 2 rings (SSSR count). The van der Waals surface area contributed by atoms with Gasteiger partial charge in [0.05, 0.1) is 6.04 Å². The second-order valence-electron chi connectivity index (χ2n) is 6.53. The summed E-state index contributed by atoms with van der Waals surface area (Å²) in [6.45, 7) is 10.3. The van der Waals surface area contributed by atoms with Crippen molar-refractivity contribution >= 4 is 5.91 Å². The van der Waals surface area contributed by atoms with Crippen molar-refractivity contribution < 1.29 is 4.79 Å². The molecular weight excluding hydrogens is 236 g/mol. The molecule has 1 aromatic rings. The van der Waals surface area contributed by atoms with E-state index in [9.17, 15) is 4.79 Å². The topological polar surface area (TPSA) is 46.3 Å². The van der Waals surface area contributed by atoms with Crippen LogP contribution in [0.4, 0.5) is 0 Å². The third-order valence-electron chi connectivity index (χ3n) is 4.07. The smallest absolute Gasteiger partial charge is 0.234 e. The maximum Gasteiger partial charge on any atom is 0.234 e. The van der Waals surface area contributed by atoms with Crippen LogP contribution in [0.2, 0.25) is 0 Å². The van der Waals surface area contributed by atoms with Crippen molar-refractivity contribution in [2.75, 3.05) is 6.54 Å². The molecule has 0 bridgehead atoms. The van der Waals surface area contributed by atoms with Crippen molar-refractivity contribution in [3.05, 3.63) is 34.9 Å². The average molecular weight is 260 g/mol. The molecule has 1 aromatic carbocycles. The average Bonchev–Trinajstić information content (AvgIpc) is 2.35. The van der Waals surface area contributed by atoms with Gasteiger partial charge in [-0.15, -0.1) is 0 Å². The van der Waals surface area contributed by atoms with E-state index in [4.69, 9.17) is 5.73 Å². The summed E-state index contributed by atoms with van der Waals surface area (Å²) in [6.07, 6.45) is 0.997. The molecule has 0 saturated carbocycles. The zero-order chi connectivity index (χ0) is 14.2. The van der Waals surface area contributed by atoms with Gasteiger partial charge < -0.3 is 5.73 Å². The van der Waals surface area contributed by atoms with Gasteiger partial charge in [-0.05, 0) is 35.4 Å². The number of nitrogens with zero attached hydrogens (tertiary/aromatic N) is 1. The van der Waals surface area contributed by atoms with Gasteiger partial charge >= 0.3 is 0 Å². The molecule has 19 heavy (non-hydrogen) atoms. The standard InChI is InChI=1S/C16H24N2O/c1-11(15(17)19)18-8-7-12-5-6-14(16(2,3)4)9-13(12)10-18/h5-6,9,11H,7-8,10H2,1-4H3,(H2,17,19). The summed E-state index contributed by atoms with van der Waals surface area (Å²) < 4.78 is 0. The molecule has 3 heteroatoms. The van der Waals surface area contributed by atoms with E-state index in [-0.39, 0.29) is 17.4 Å². The van der Waals surface area contributed by atoms with Crippen LogP contribution in [0.25, 0.3) is 0 Å². The second-order valence-corrected chi connectivity index (χ2v) is 6.53. The molecule has 1 amide bonds. The molecule has 0 spiro atoms. The number of rotatable bonds is 2. The van der Waals surface area contributed by atoms with E-state index in [1.54, 1.807) is 0 Å². The Hall–Kier alpha value is -1.35. The van der Waals surface area contributed by atoms with Crippen LogP contribution < -0.4 is 5.73 Å². The van der Waals surface area contributed by atoms with Gasteiger partial charge in [-0.3, -0.25) is 9.69 Å². The zero-order valence-electron chi connectivity index (χ0n) is 12.4. The highest BCUT2D eigenvalue weighted by Gasteiger charge is 2.25. The van der Waals surface area contributed by atoms with Crippen molar-refractivity contribution in [3.8, 4) is 0 Å². The Morgan fingerprint density at radius 1 is 1.32 bits per heavy atom. The Morgan fingerprint density at radius 3 is 2.58 bits per heavy atom. The normalized spacial score (nSPS) is 17.9. The molecule has 0 radical (unpaired) electrons. The fourth-order valence-electron chi connectivity index (χ4n) is 2.56. The van der Waals surface area contributed by atoms with Crippen molar-refractivity contribution in [1.82, 2.24) is 4.90 Å². The molecule has 1 aliphatic heterocycles. The maximum atomic E-state index is 11.3. The Balaban J connectivity index is 2.26. The van der Waals surface area contributed by atoms with Crippen LogP contribution in [0, 0.1) is 0 Å². The number of primary amides is 1. The summed E-state index contributed by atoms with van der Waals surface area (Å²) in [7, 11) is 0. The number of hydrogen-bond acceptors (Lipinski definition) is 2. The lowest BCUT2D eigenvalue weighted by Gasteiger charge is -2.33. The fourth-order valence-corrected chi connectivity index (χ4v) is 2.56. The molecule has 0 fully saturated rings. The van der Waals surface area contributed by atoms with Crippen LogP contribution >= 0.6 is 0 Å². The summed E-state index contributed by atoms with van der Waals surface area (Å²) in [6, 6.07) is 6.56. The highest BCUT2D eigenvalue weighted by Crippen LogP contribution is 2.28. The van der Waals surface area contributed by atoms with Crippen LogP contribution in [0.1, 0.15) is 44.4 Å². The van der Waals surface area contributed by atoms with E-state index in [1.165, 1.54) is 16.7 Å². The summed E-state index contributed by atoms with van der Waals surface area (Å²) in [5.74, 6) is -0.240. The molecule has 104 valence electrons. The highest BCUT2D eigenvalue weighted by atomic mass is 16.1. The van der Waals surface area contributed by atoms with Gasteiger partial charge in [-0.2, -0.15) is 0 Å². The molecule has 3 nitrogen and oxygen atoms in total. The number of hydrogen-bond donors (Lipinski definition) is 1. The summed E-state index contributed by atoms with van der Waals surface area (Å²) in [4.78, 5) is 13.5. The Bertz CT molecular complexity index is 488. The largest absolute Gasteiger partial charge is 0.368 e. The molecule has 0 aromatic heterocycles. The number of amides is 1. The Labute approximate surface area is 115 Å². The number of carbonyl (C=O) groups excluding carboxylic acids is 1. The first-order valence-corrected chi connectivity index (χ1v) is 6.94. The summed E-state index contributed by atoms with van der Waals surface area (Å²) in [5.41, 5.74) is 9.65. The first kappa shape index (κ1) is 14.1. The van der Waals surface area contributed by atoms with E-state index >= 15 is 0 Å². The summed E-state index contributed by atoms with van der Waals surface area (Å²) in [5, 5.41) is 0. The molecule has 2 N–H and O–H groups in total. The molecular formula is C16H24N2O. The van der Waals surface area contributed by atoms with Crippen LogP contribution in [0.5, 0.6) is 0 Å². The van der Waals surface area contributed by atoms with E-state index in [2.05, 4.69) is 43.9 Å². The van der Waals surface area contributed by atoms with E-state index in [1.807, 2.05) is 6.92 Å². The lowest BCUT2D eigenvalue weighted by Crippen LogP contribution is -2.45. The zero-order valence-corrected chi connectivity index (χ0v) is 12.4. The van der Waals surface area contributed by atoms with Gasteiger partial charge in [-0.25, -0.2) is 0 Å². The molecule has 1 atom stereocenters. The van der Waals surface area contributed by atoms with Crippen molar-refractivity contribution in [2.45, 2.75) is 52.1 Å². The third-order valence-corrected chi connectivity index (χ3v) is 4.07. The third kappa shape index (κ3) is 2.98. The van der Waals surface area contributed by atoms with Crippen LogP contribution in [0.15, 0.2) is 18.2 Å². The van der Waals surface area contributed by atoms with Crippen LogP contribution in [-0.2, 0) is 23.2 Å². The predicted molar refractivity (Wildman–Crippen MR) is 77.9 cm³/mol. The van der Waals surface area contributed by atoms with Crippen molar-refractivity contribution in [2.24, 2.45) is 5.73 Å². The predicted octanol–water partition coefficient (Wildman–Crippen LogP) is 2.22. The van der Waals surface area contributed by atoms with Gasteiger partial charge in [0.2, 0.25) is 5.91 Å². The van der Waals surface area contributed by atoms with Gasteiger partial charge in [0, 0.05) is 13.1 Å². The van der Waals surface area contributed by atoms with Gasteiger partial charge in [-0.1, -0.05) is 39.0 Å². The van der Waals surface area contributed by atoms with Crippen LogP contribution in [0.3, 0.4) is 0 Å². The quantitative estimate of drug-likeness (QED) is 0.886. The van der Waals surface area contributed by atoms with E-state index in [0.717, 1.165) is 19.5 Å². The molecule has 1 unspecified atom stereocenters. The number of nitrogens with two attached hydrogens (primary N) is 1. The van der Waals surface area contributed by atoms with E-state index < -0.39 is 0 Å². The second kappa shape index (κ2) is 4.97. The van der Waals surface area contributed by atoms with Gasteiger partial charge in [0.25, 0.3) is 0 Å². The SMILES string of the molecule is CC(C(N)=O)N1CCc2ccc(C(C)(C)C)cc2C1. The monoisotopic (exact) mass is 260 g/mol.